The van der Waals surface area contributed by atoms with Gasteiger partial charge in [-0.15, -0.1) is 0 Å². The smallest absolute Gasteiger partial charge is 0.303 e. The van der Waals surface area contributed by atoms with Crippen LogP contribution in [0.3, 0.4) is 0 Å². The molecule has 2 N–H and O–H groups in total. The quantitative estimate of drug-likeness (QED) is 0.478. The van der Waals surface area contributed by atoms with E-state index in [1.165, 1.54) is 0 Å². The molecule has 3 rings (SSSR count). The molecule has 1 fully saturated rings. The zero-order valence-electron chi connectivity index (χ0n) is 20.3. The molecule has 7 heteroatoms. The predicted molar refractivity (Wildman–Crippen MR) is 129 cm³/mol. The summed E-state index contributed by atoms with van der Waals surface area (Å²) in [4.78, 5) is 13.3. The molecule has 6 nitrogen and oxygen atoms in total. The number of aryl methyl sites for hydroxylation is 2. The number of aliphatic carboxylic acids is 1. The van der Waals surface area contributed by atoms with Crippen LogP contribution >= 0.6 is 0 Å². The fourth-order valence-corrected chi connectivity index (χ4v) is 4.62. The fourth-order valence-electron chi connectivity index (χ4n) is 4.62. The van der Waals surface area contributed by atoms with Gasteiger partial charge in [-0.25, -0.2) is 4.39 Å². The summed E-state index contributed by atoms with van der Waals surface area (Å²) < 4.78 is 25.3. The summed E-state index contributed by atoms with van der Waals surface area (Å²) in [5.41, 5.74) is 3.39. The van der Waals surface area contributed by atoms with E-state index >= 15 is 0 Å². The summed E-state index contributed by atoms with van der Waals surface area (Å²) in [7, 11) is 1.59. The van der Waals surface area contributed by atoms with Gasteiger partial charge in [-0.2, -0.15) is 0 Å². The lowest BCUT2D eigenvalue weighted by molar-refractivity contribution is -0.136. The van der Waals surface area contributed by atoms with Gasteiger partial charge in [0.25, 0.3) is 0 Å². The van der Waals surface area contributed by atoms with E-state index in [0.29, 0.717) is 24.3 Å². The Morgan fingerprint density at radius 2 is 2.06 bits per heavy atom. The Morgan fingerprint density at radius 3 is 2.76 bits per heavy atom. The second-order valence-electron chi connectivity index (χ2n) is 9.17. The van der Waals surface area contributed by atoms with E-state index < -0.39 is 12.1 Å². The average Bonchev–Trinajstić information content (AvgIpc) is 3.24. The third-order valence-electron chi connectivity index (χ3n) is 6.59. The normalized spacial score (nSPS) is 18.1. The lowest BCUT2D eigenvalue weighted by atomic mass is 9.98. The second-order valence-corrected chi connectivity index (χ2v) is 9.17. The Labute approximate surface area is 201 Å². The number of methoxy groups -OCH3 is 1. The molecule has 0 radical (unpaired) electrons. The van der Waals surface area contributed by atoms with Gasteiger partial charge in [0, 0.05) is 19.0 Å². The molecule has 0 spiro atoms. The van der Waals surface area contributed by atoms with Gasteiger partial charge < -0.3 is 19.7 Å². The number of aliphatic hydroxyl groups excluding tert-OH is 1. The van der Waals surface area contributed by atoms with Crippen molar-refractivity contribution in [2.75, 3.05) is 26.8 Å². The Kier molecular flexibility index (Phi) is 9.45. The van der Waals surface area contributed by atoms with E-state index in [-0.39, 0.29) is 31.0 Å². The Hall–Kier alpha value is -2.48. The van der Waals surface area contributed by atoms with Crippen molar-refractivity contribution in [3.8, 4) is 5.75 Å². The van der Waals surface area contributed by atoms with Crippen molar-refractivity contribution < 1.29 is 28.9 Å². The third kappa shape index (κ3) is 7.26. The van der Waals surface area contributed by atoms with E-state index in [2.05, 4.69) is 4.90 Å². The van der Waals surface area contributed by atoms with E-state index in [1.807, 2.05) is 37.3 Å². The Morgan fingerprint density at radius 1 is 1.26 bits per heavy atom. The second kappa shape index (κ2) is 12.3. The summed E-state index contributed by atoms with van der Waals surface area (Å²) in [6.45, 7) is 5.23. The SMILES string of the molecule is COc1ccc(CCC(=O)O)c([C@@H](C)OC[C@H](O)CN2CCC[C@H]2Cc2ccc(C)c(F)c2)c1. The molecule has 2 aromatic rings. The number of benzene rings is 2. The zero-order chi connectivity index (χ0) is 24.7. The topological polar surface area (TPSA) is 79.2 Å². The monoisotopic (exact) mass is 473 g/mol. The first-order chi connectivity index (χ1) is 16.3. The first-order valence-electron chi connectivity index (χ1n) is 11.9. The molecule has 0 aromatic heterocycles. The molecule has 34 heavy (non-hydrogen) atoms. The number of carboxylic acid groups (broad SMARTS) is 1. The van der Waals surface area contributed by atoms with Crippen molar-refractivity contribution in [2.45, 2.75) is 64.2 Å². The number of aliphatic hydroxyl groups is 1. The molecule has 1 heterocycles. The van der Waals surface area contributed by atoms with E-state index in [1.54, 1.807) is 20.1 Å². The number of halogens is 1. The first kappa shape index (κ1) is 26.1. The summed E-state index contributed by atoms with van der Waals surface area (Å²) in [5.74, 6) is -0.346. The van der Waals surface area contributed by atoms with Crippen LogP contribution in [0.15, 0.2) is 36.4 Å². The highest BCUT2D eigenvalue weighted by atomic mass is 19.1. The van der Waals surface area contributed by atoms with Crippen molar-refractivity contribution in [1.29, 1.82) is 0 Å². The maximum Gasteiger partial charge on any atom is 0.303 e. The van der Waals surface area contributed by atoms with Gasteiger partial charge in [0.1, 0.15) is 11.6 Å². The number of carboxylic acids is 1. The minimum absolute atomic E-state index is 0.0376. The van der Waals surface area contributed by atoms with Gasteiger partial charge in [0.2, 0.25) is 0 Å². The molecule has 1 aliphatic rings. The van der Waals surface area contributed by atoms with Crippen LogP contribution in [0.2, 0.25) is 0 Å². The van der Waals surface area contributed by atoms with Crippen LogP contribution < -0.4 is 4.74 Å². The molecule has 3 atom stereocenters. The summed E-state index contributed by atoms with van der Waals surface area (Å²) in [5, 5.41) is 19.7. The predicted octanol–water partition coefficient (Wildman–Crippen LogP) is 4.31. The number of likely N-dealkylation sites (tertiary alicyclic amines) is 1. The van der Waals surface area contributed by atoms with Crippen molar-refractivity contribution >= 4 is 5.97 Å². The Balaban J connectivity index is 1.56. The van der Waals surface area contributed by atoms with Crippen LogP contribution in [0.1, 0.15) is 54.5 Å². The summed E-state index contributed by atoms with van der Waals surface area (Å²) >= 11 is 0. The Bertz CT molecular complexity index is 966. The lowest BCUT2D eigenvalue weighted by Crippen LogP contribution is -2.39. The number of β-amino-alcohol motifs (C(OH)–C–C–N with tert-alkyl or cyclic N) is 1. The van der Waals surface area contributed by atoms with Crippen LogP contribution in [0, 0.1) is 12.7 Å². The van der Waals surface area contributed by atoms with Gasteiger partial charge in [-0.05, 0) is 86.5 Å². The zero-order valence-corrected chi connectivity index (χ0v) is 20.3. The lowest BCUT2D eigenvalue weighted by Gasteiger charge is -2.28. The average molecular weight is 474 g/mol. The van der Waals surface area contributed by atoms with E-state index in [0.717, 1.165) is 42.5 Å². The molecule has 186 valence electrons. The van der Waals surface area contributed by atoms with E-state index in [4.69, 9.17) is 14.6 Å². The number of nitrogens with zero attached hydrogens (tertiary/aromatic N) is 1. The fraction of sp³-hybridized carbons (Fsp3) is 0.519. The molecule has 0 amide bonds. The number of carbonyl (C=O) groups is 1. The van der Waals surface area contributed by atoms with Crippen LogP contribution in [0.4, 0.5) is 4.39 Å². The minimum atomic E-state index is -0.848. The van der Waals surface area contributed by atoms with E-state index in [9.17, 15) is 14.3 Å². The molecule has 0 aliphatic carbocycles. The highest BCUT2D eigenvalue weighted by Gasteiger charge is 2.27. The number of hydrogen-bond acceptors (Lipinski definition) is 5. The van der Waals surface area contributed by atoms with Crippen LogP contribution in [-0.2, 0) is 22.4 Å². The van der Waals surface area contributed by atoms with Crippen LogP contribution in [0.5, 0.6) is 5.75 Å². The largest absolute Gasteiger partial charge is 0.497 e. The number of hydrogen-bond donors (Lipinski definition) is 2. The molecule has 0 bridgehead atoms. The highest BCUT2D eigenvalue weighted by molar-refractivity contribution is 5.67. The minimum Gasteiger partial charge on any atom is -0.497 e. The molecular formula is C27H36FNO5. The number of ether oxygens (including phenoxy) is 2. The van der Waals surface area contributed by atoms with Gasteiger partial charge >= 0.3 is 5.97 Å². The molecule has 1 saturated heterocycles. The molecule has 0 unspecified atom stereocenters. The molecular weight excluding hydrogens is 437 g/mol. The van der Waals surface area contributed by atoms with Gasteiger partial charge in [0.15, 0.2) is 0 Å². The molecule has 2 aromatic carbocycles. The molecule has 0 saturated carbocycles. The van der Waals surface area contributed by atoms with Crippen LogP contribution in [0.25, 0.3) is 0 Å². The molecule has 1 aliphatic heterocycles. The third-order valence-corrected chi connectivity index (χ3v) is 6.59. The van der Waals surface area contributed by atoms with Gasteiger partial charge in [0.05, 0.1) is 25.9 Å². The maximum atomic E-state index is 13.9. The van der Waals surface area contributed by atoms with Gasteiger partial charge in [-0.3, -0.25) is 9.69 Å². The standard InChI is InChI=1S/C27H36FNO5/c1-18-6-7-20(14-26(18)28)13-22-5-4-12-29(22)16-23(30)17-34-19(2)25-15-24(33-3)10-8-21(25)9-11-27(31)32/h6-8,10,14-15,19,22-23,30H,4-5,9,11-13,16-17H2,1-3H3,(H,31,32)/t19-,22+,23-/m1/s1. The number of rotatable bonds is 12. The van der Waals surface area contributed by atoms with Crippen molar-refractivity contribution in [3.05, 3.63) is 64.5 Å². The highest BCUT2D eigenvalue weighted by Crippen LogP contribution is 2.28. The van der Waals surface area contributed by atoms with Crippen LogP contribution in [-0.4, -0.2) is 60.0 Å². The first-order valence-corrected chi connectivity index (χ1v) is 11.9. The van der Waals surface area contributed by atoms with Crippen molar-refractivity contribution in [2.24, 2.45) is 0 Å². The van der Waals surface area contributed by atoms with Crippen molar-refractivity contribution in [3.63, 3.8) is 0 Å². The van der Waals surface area contributed by atoms with Crippen molar-refractivity contribution in [1.82, 2.24) is 4.90 Å². The van der Waals surface area contributed by atoms with Gasteiger partial charge in [-0.1, -0.05) is 18.2 Å². The summed E-state index contributed by atoms with van der Waals surface area (Å²) in [6, 6.07) is 11.2. The summed E-state index contributed by atoms with van der Waals surface area (Å²) in [6.07, 6.45) is 2.30. The maximum absolute atomic E-state index is 13.9.